The van der Waals surface area contributed by atoms with E-state index >= 15 is 0 Å². The zero-order valence-electron chi connectivity index (χ0n) is 11.8. The number of nitrogens with zero attached hydrogens (tertiary/aromatic N) is 1. The molecule has 0 aromatic heterocycles. The van der Waals surface area contributed by atoms with Gasteiger partial charge in [0.05, 0.1) is 0 Å². The minimum atomic E-state index is 0.242. The summed E-state index contributed by atoms with van der Waals surface area (Å²) in [5.41, 5.74) is 0.242. The molecule has 1 aliphatic heterocycles. The highest BCUT2D eigenvalue weighted by atomic mass is 15.2. The van der Waals surface area contributed by atoms with E-state index in [0.717, 1.165) is 12.6 Å². The minimum absolute atomic E-state index is 0.242. The van der Waals surface area contributed by atoms with Crippen LogP contribution in [-0.4, -0.2) is 35.6 Å². The van der Waals surface area contributed by atoms with Crippen LogP contribution in [0.3, 0.4) is 0 Å². The molecule has 1 heterocycles. The average molecular weight is 226 g/mol. The van der Waals surface area contributed by atoms with Crippen LogP contribution in [0.5, 0.6) is 0 Å². The van der Waals surface area contributed by atoms with Crippen LogP contribution in [0.15, 0.2) is 0 Å². The van der Waals surface area contributed by atoms with E-state index in [1.807, 2.05) is 0 Å². The van der Waals surface area contributed by atoms with Crippen molar-refractivity contribution in [3.05, 3.63) is 0 Å². The molecule has 16 heavy (non-hydrogen) atoms. The molecule has 0 saturated carbocycles. The maximum Gasteiger partial charge on any atom is 0.0195 e. The molecular weight excluding hydrogens is 196 g/mol. The monoisotopic (exact) mass is 226 g/mol. The maximum absolute atomic E-state index is 3.62. The molecule has 1 N–H and O–H groups in total. The Balaban J connectivity index is 2.41. The van der Waals surface area contributed by atoms with Crippen molar-refractivity contribution < 1.29 is 0 Å². The fourth-order valence-electron chi connectivity index (χ4n) is 2.61. The Morgan fingerprint density at radius 1 is 1.31 bits per heavy atom. The molecule has 2 unspecified atom stereocenters. The van der Waals surface area contributed by atoms with Crippen molar-refractivity contribution in [3.63, 3.8) is 0 Å². The summed E-state index contributed by atoms with van der Waals surface area (Å²) >= 11 is 0. The lowest BCUT2D eigenvalue weighted by Crippen LogP contribution is -2.51. The van der Waals surface area contributed by atoms with Crippen molar-refractivity contribution in [1.29, 1.82) is 0 Å². The van der Waals surface area contributed by atoms with E-state index in [1.165, 1.54) is 32.2 Å². The zero-order chi connectivity index (χ0) is 12.2. The van der Waals surface area contributed by atoms with Gasteiger partial charge in [-0.3, -0.25) is 4.90 Å². The molecule has 0 amide bonds. The number of piperidine rings is 1. The number of likely N-dealkylation sites (tertiary alicyclic amines) is 1. The standard InChI is InChI=1S/C14H30N2/c1-6-13-9-7-8-10-16(13)12(2)11-15-14(3,4)5/h12-13,15H,6-11H2,1-5H3. The summed E-state index contributed by atoms with van der Waals surface area (Å²) in [5, 5.41) is 3.62. The van der Waals surface area contributed by atoms with E-state index in [9.17, 15) is 0 Å². The maximum atomic E-state index is 3.62. The molecular formula is C14H30N2. The van der Waals surface area contributed by atoms with Gasteiger partial charge in [0.2, 0.25) is 0 Å². The summed E-state index contributed by atoms with van der Waals surface area (Å²) in [7, 11) is 0. The Labute approximate surface area is 102 Å². The van der Waals surface area contributed by atoms with Gasteiger partial charge in [-0.1, -0.05) is 13.3 Å². The molecule has 2 heteroatoms. The molecule has 2 nitrogen and oxygen atoms in total. The number of nitrogens with one attached hydrogen (secondary N) is 1. The van der Waals surface area contributed by atoms with Crippen molar-refractivity contribution in [2.45, 2.75) is 77.9 Å². The van der Waals surface area contributed by atoms with Crippen molar-refractivity contribution in [3.8, 4) is 0 Å². The average Bonchev–Trinajstić information content (AvgIpc) is 2.25. The molecule has 0 aromatic carbocycles. The van der Waals surface area contributed by atoms with Crippen LogP contribution in [0.4, 0.5) is 0 Å². The molecule has 1 rings (SSSR count). The first kappa shape index (κ1) is 14.0. The lowest BCUT2D eigenvalue weighted by atomic mass is 9.98. The molecule has 0 radical (unpaired) electrons. The van der Waals surface area contributed by atoms with E-state index in [1.54, 1.807) is 0 Å². The molecule has 2 atom stereocenters. The molecule has 0 spiro atoms. The smallest absolute Gasteiger partial charge is 0.0195 e. The first-order valence-corrected chi connectivity index (χ1v) is 6.95. The number of rotatable bonds is 4. The summed E-state index contributed by atoms with van der Waals surface area (Å²) in [6.45, 7) is 13.8. The number of hydrogen-bond donors (Lipinski definition) is 1. The first-order chi connectivity index (χ1) is 7.44. The lowest BCUT2D eigenvalue weighted by molar-refractivity contribution is 0.0956. The third-order valence-electron chi connectivity index (χ3n) is 3.64. The van der Waals surface area contributed by atoms with Gasteiger partial charge in [0.1, 0.15) is 0 Å². The van der Waals surface area contributed by atoms with E-state index in [2.05, 4.69) is 44.8 Å². The highest BCUT2D eigenvalue weighted by molar-refractivity contribution is 4.83. The molecule has 0 aromatic rings. The second kappa shape index (κ2) is 6.02. The van der Waals surface area contributed by atoms with Crippen LogP contribution < -0.4 is 5.32 Å². The fraction of sp³-hybridized carbons (Fsp3) is 1.00. The predicted octanol–water partition coefficient (Wildman–Crippen LogP) is 3.03. The summed E-state index contributed by atoms with van der Waals surface area (Å²) < 4.78 is 0. The van der Waals surface area contributed by atoms with Crippen molar-refractivity contribution in [2.75, 3.05) is 13.1 Å². The Kier molecular flexibility index (Phi) is 5.26. The minimum Gasteiger partial charge on any atom is -0.311 e. The molecule has 1 saturated heterocycles. The second-order valence-corrected chi connectivity index (χ2v) is 6.28. The Morgan fingerprint density at radius 2 is 2.00 bits per heavy atom. The molecule has 96 valence electrons. The summed E-state index contributed by atoms with van der Waals surface area (Å²) in [4.78, 5) is 2.71. The topological polar surface area (TPSA) is 15.3 Å². The summed E-state index contributed by atoms with van der Waals surface area (Å²) in [6.07, 6.45) is 5.51. The van der Waals surface area contributed by atoms with Gasteiger partial charge in [-0.25, -0.2) is 0 Å². The highest BCUT2D eigenvalue weighted by Gasteiger charge is 2.25. The van der Waals surface area contributed by atoms with Gasteiger partial charge in [-0.05, 0) is 53.5 Å². The molecule has 0 aliphatic carbocycles. The van der Waals surface area contributed by atoms with Gasteiger partial charge in [0.15, 0.2) is 0 Å². The SMILES string of the molecule is CCC1CCCCN1C(C)CNC(C)(C)C. The third-order valence-corrected chi connectivity index (χ3v) is 3.64. The second-order valence-electron chi connectivity index (χ2n) is 6.28. The fourth-order valence-corrected chi connectivity index (χ4v) is 2.61. The predicted molar refractivity (Wildman–Crippen MR) is 71.9 cm³/mol. The van der Waals surface area contributed by atoms with Gasteiger partial charge in [-0.15, -0.1) is 0 Å². The third kappa shape index (κ3) is 4.42. The normalized spacial score (nSPS) is 25.7. The van der Waals surface area contributed by atoms with Gasteiger partial charge in [0.25, 0.3) is 0 Å². The molecule has 0 bridgehead atoms. The van der Waals surface area contributed by atoms with Crippen molar-refractivity contribution >= 4 is 0 Å². The highest BCUT2D eigenvalue weighted by Crippen LogP contribution is 2.21. The quantitative estimate of drug-likeness (QED) is 0.792. The van der Waals surface area contributed by atoms with E-state index in [4.69, 9.17) is 0 Å². The van der Waals surface area contributed by atoms with Crippen LogP contribution >= 0.6 is 0 Å². The van der Waals surface area contributed by atoms with Gasteiger partial charge < -0.3 is 5.32 Å². The van der Waals surface area contributed by atoms with Gasteiger partial charge >= 0.3 is 0 Å². The van der Waals surface area contributed by atoms with E-state index in [-0.39, 0.29) is 5.54 Å². The zero-order valence-corrected chi connectivity index (χ0v) is 11.8. The van der Waals surface area contributed by atoms with Gasteiger partial charge in [0, 0.05) is 24.2 Å². The van der Waals surface area contributed by atoms with Crippen molar-refractivity contribution in [2.24, 2.45) is 0 Å². The largest absolute Gasteiger partial charge is 0.311 e. The Bertz CT molecular complexity index is 195. The van der Waals surface area contributed by atoms with Crippen LogP contribution in [0.2, 0.25) is 0 Å². The van der Waals surface area contributed by atoms with E-state index < -0.39 is 0 Å². The Morgan fingerprint density at radius 3 is 2.56 bits per heavy atom. The van der Waals surface area contributed by atoms with Crippen LogP contribution in [0, 0.1) is 0 Å². The van der Waals surface area contributed by atoms with Crippen LogP contribution in [-0.2, 0) is 0 Å². The van der Waals surface area contributed by atoms with Gasteiger partial charge in [-0.2, -0.15) is 0 Å². The van der Waals surface area contributed by atoms with Crippen molar-refractivity contribution in [1.82, 2.24) is 10.2 Å². The van der Waals surface area contributed by atoms with Crippen LogP contribution in [0.1, 0.15) is 60.3 Å². The summed E-state index contributed by atoms with van der Waals surface area (Å²) in [5.74, 6) is 0. The van der Waals surface area contributed by atoms with E-state index in [0.29, 0.717) is 6.04 Å². The number of hydrogen-bond acceptors (Lipinski definition) is 2. The molecule has 1 fully saturated rings. The Hall–Kier alpha value is -0.0800. The molecule has 1 aliphatic rings. The lowest BCUT2D eigenvalue weighted by Gasteiger charge is -2.40. The first-order valence-electron chi connectivity index (χ1n) is 6.95. The summed E-state index contributed by atoms with van der Waals surface area (Å²) in [6, 6.07) is 1.50. The van der Waals surface area contributed by atoms with Crippen LogP contribution in [0.25, 0.3) is 0 Å².